The van der Waals surface area contributed by atoms with Gasteiger partial charge in [0.25, 0.3) is 0 Å². The number of nitrogens with one attached hydrogen (secondary N) is 1. The van der Waals surface area contributed by atoms with E-state index in [1.54, 1.807) is 24.3 Å². The highest BCUT2D eigenvalue weighted by molar-refractivity contribution is 7.74. The summed E-state index contributed by atoms with van der Waals surface area (Å²) in [5.41, 5.74) is 6.76. The van der Waals surface area contributed by atoms with Crippen molar-refractivity contribution in [2.75, 3.05) is 17.8 Å². The molecule has 3 N–H and O–H groups in total. The fraction of sp³-hybridized carbons (Fsp3) is 0.143. The molecule has 0 saturated carbocycles. The van der Waals surface area contributed by atoms with Crippen LogP contribution in [-0.2, 0) is 15.5 Å². The Balaban J connectivity index is 2.45. The topological polar surface area (TPSA) is 87.4 Å². The SMILES string of the molecule is Nc1ccccc1NCOS(=O)[O-]. The van der Waals surface area contributed by atoms with Gasteiger partial charge in [-0.25, -0.2) is 4.21 Å². The molecule has 0 aliphatic carbocycles. The lowest BCUT2D eigenvalue weighted by Crippen LogP contribution is -2.08. The molecule has 0 bridgehead atoms. The number of hydrogen-bond acceptors (Lipinski definition) is 5. The van der Waals surface area contributed by atoms with Crippen LogP contribution in [0.3, 0.4) is 0 Å². The van der Waals surface area contributed by atoms with Gasteiger partial charge in [0.05, 0.1) is 22.7 Å². The molecule has 0 aliphatic heterocycles. The van der Waals surface area contributed by atoms with Gasteiger partial charge in [0, 0.05) is 0 Å². The van der Waals surface area contributed by atoms with Crippen LogP contribution in [0.5, 0.6) is 0 Å². The summed E-state index contributed by atoms with van der Waals surface area (Å²) in [7, 11) is 0. The van der Waals surface area contributed by atoms with Gasteiger partial charge in [0.1, 0.15) is 6.73 Å². The van der Waals surface area contributed by atoms with Crippen molar-refractivity contribution >= 4 is 22.7 Å². The summed E-state index contributed by atoms with van der Waals surface area (Å²) in [6.07, 6.45) is 0. The monoisotopic (exact) mass is 201 g/mol. The summed E-state index contributed by atoms with van der Waals surface area (Å²) in [5.74, 6) is 0. The predicted octanol–water partition coefficient (Wildman–Crippen LogP) is 0.449. The molecule has 6 heteroatoms. The molecule has 0 radical (unpaired) electrons. The average molecular weight is 201 g/mol. The van der Waals surface area contributed by atoms with Gasteiger partial charge < -0.3 is 15.6 Å². The molecule has 0 aromatic heterocycles. The molecule has 72 valence electrons. The third-order valence-corrected chi connectivity index (χ3v) is 1.69. The first-order valence-electron chi connectivity index (χ1n) is 3.51. The molecule has 1 aromatic carbocycles. The smallest absolute Gasteiger partial charge is 0.132 e. The Morgan fingerprint density at radius 2 is 2.23 bits per heavy atom. The Labute approximate surface area is 78.4 Å². The number of benzene rings is 1. The molecule has 1 rings (SSSR count). The second kappa shape index (κ2) is 4.80. The van der Waals surface area contributed by atoms with E-state index in [1.165, 1.54) is 0 Å². The molecule has 1 aromatic rings. The highest BCUT2D eigenvalue weighted by atomic mass is 32.2. The molecule has 1 unspecified atom stereocenters. The Hall–Kier alpha value is -1.11. The van der Waals surface area contributed by atoms with Crippen LogP contribution in [0.2, 0.25) is 0 Å². The quantitative estimate of drug-likeness (QED) is 0.419. The largest absolute Gasteiger partial charge is 0.750 e. The van der Waals surface area contributed by atoms with Crippen molar-refractivity contribution in [2.45, 2.75) is 0 Å². The second-order valence-corrected chi connectivity index (χ2v) is 2.87. The van der Waals surface area contributed by atoms with Crippen molar-refractivity contribution in [1.29, 1.82) is 0 Å². The van der Waals surface area contributed by atoms with Crippen LogP contribution in [-0.4, -0.2) is 15.5 Å². The first-order chi connectivity index (χ1) is 6.20. The summed E-state index contributed by atoms with van der Waals surface area (Å²) >= 11 is -2.50. The number of nitrogen functional groups attached to an aromatic ring is 1. The highest BCUT2D eigenvalue weighted by Gasteiger charge is 1.94. The average Bonchev–Trinajstić information content (AvgIpc) is 2.08. The van der Waals surface area contributed by atoms with E-state index >= 15 is 0 Å². The van der Waals surface area contributed by atoms with Gasteiger partial charge >= 0.3 is 0 Å². The minimum absolute atomic E-state index is 0.121. The zero-order valence-corrected chi connectivity index (χ0v) is 7.54. The van der Waals surface area contributed by atoms with Crippen LogP contribution in [0.25, 0.3) is 0 Å². The van der Waals surface area contributed by atoms with Crippen LogP contribution in [0.4, 0.5) is 11.4 Å². The van der Waals surface area contributed by atoms with Crippen molar-refractivity contribution in [2.24, 2.45) is 0 Å². The maximum atomic E-state index is 9.98. The fourth-order valence-corrected chi connectivity index (χ4v) is 0.968. The van der Waals surface area contributed by atoms with Crippen LogP contribution in [0.1, 0.15) is 0 Å². The van der Waals surface area contributed by atoms with Gasteiger partial charge in [0.15, 0.2) is 0 Å². The summed E-state index contributed by atoms with van der Waals surface area (Å²) in [5, 5.41) is 2.70. The first kappa shape index (κ1) is 9.97. The Morgan fingerprint density at radius 3 is 2.85 bits per heavy atom. The maximum absolute atomic E-state index is 9.98. The van der Waals surface area contributed by atoms with Gasteiger partial charge in [-0.2, -0.15) is 0 Å². The van der Waals surface area contributed by atoms with Crippen LogP contribution >= 0.6 is 0 Å². The molecule has 5 nitrogen and oxygen atoms in total. The normalized spacial score (nSPS) is 12.4. The van der Waals surface area contributed by atoms with Gasteiger partial charge in [-0.1, -0.05) is 12.1 Å². The van der Waals surface area contributed by atoms with Crippen LogP contribution < -0.4 is 11.1 Å². The molecular weight excluding hydrogens is 192 g/mol. The Morgan fingerprint density at radius 1 is 1.54 bits per heavy atom. The standard InChI is InChI=1S/C7H10N2O3S/c8-6-3-1-2-4-7(6)9-5-12-13(10)11/h1-4,9H,5,8H2,(H,10,11)/p-1. The minimum Gasteiger partial charge on any atom is -0.750 e. The second-order valence-electron chi connectivity index (χ2n) is 2.23. The van der Waals surface area contributed by atoms with Crippen molar-refractivity contribution in [3.05, 3.63) is 24.3 Å². The lowest BCUT2D eigenvalue weighted by atomic mass is 10.3. The maximum Gasteiger partial charge on any atom is 0.132 e. The van der Waals surface area contributed by atoms with Crippen molar-refractivity contribution in [3.63, 3.8) is 0 Å². The van der Waals surface area contributed by atoms with Gasteiger partial charge in [0.2, 0.25) is 0 Å². The van der Waals surface area contributed by atoms with E-state index < -0.39 is 11.4 Å². The molecule has 0 heterocycles. The highest BCUT2D eigenvalue weighted by Crippen LogP contribution is 2.15. The molecule has 0 aliphatic rings. The summed E-state index contributed by atoms with van der Waals surface area (Å²) < 4.78 is 24.2. The van der Waals surface area contributed by atoms with E-state index in [1.807, 2.05) is 0 Å². The van der Waals surface area contributed by atoms with Crippen LogP contribution in [0.15, 0.2) is 24.3 Å². The van der Waals surface area contributed by atoms with Crippen molar-refractivity contribution in [1.82, 2.24) is 0 Å². The number of nitrogens with two attached hydrogens (primary N) is 1. The zero-order chi connectivity index (χ0) is 9.68. The lowest BCUT2D eigenvalue weighted by Gasteiger charge is -2.09. The molecule has 1 atom stereocenters. The molecular formula is C7H9N2O3S-. The Bertz CT molecular complexity index is 306. The van der Waals surface area contributed by atoms with E-state index in [4.69, 9.17) is 5.73 Å². The summed E-state index contributed by atoms with van der Waals surface area (Å²) in [4.78, 5) is 0. The summed E-state index contributed by atoms with van der Waals surface area (Å²) in [6.45, 7) is -0.121. The molecule has 0 amide bonds. The third-order valence-electron chi connectivity index (χ3n) is 1.38. The van der Waals surface area contributed by atoms with Crippen molar-refractivity contribution < 1.29 is 12.9 Å². The third kappa shape index (κ3) is 3.41. The summed E-state index contributed by atoms with van der Waals surface area (Å²) in [6, 6.07) is 7.00. The number of rotatable bonds is 4. The van der Waals surface area contributed by atoms with E-state index in [0.717, 1.165) is 0 Å². The minimum atomic E-state index is -2.50. The Kier molecular flexibility index (Phi) is 3.69. The van der Waals surface area contributed by atoms with Gasteiger partial charge in [-0.05, 0) is 12.1 Å². The van der Waals surface area contributed by atoms with Gasteiger partial charge in [-0.3, -0.25) is 4.18 Å². The molecule has 13 heavy (non-hydrogen) atoms. The number of hydrogen-bond donors (Lipinski definition) is 2. The first-order valence-corrected chi connectivity index (χ1v) is 4.51. The number of anilines is 2. The van der Waals surface area contributed by atoms with E-state index in [-0.39, 0.29) is 6.73 Å². The predicted molar refractivity (Wildman–Crippen MR) is 49.3 cm³/mol. The van der Waals surface area contributed by atoms with E-state index in [0.29, 0.717) is 11.4 Å². The molecule has 0 spiro atoms. The number of para-hydroxylation sites is 2. The fourth-order valence-electron chi connectivity index (χ4n) is 0.813. The van der Waals surface area contributed by atoms with E-state index in [2.05, 4.69) is 9.50 Å². The van der Waals surface area contributed by atoms with Crippen molar-refractivity contribution in [3.8, 4) is 0 Å². The lowest BCUT2D eigenvalue weighted by molar-refractivity contribution is 0.323. The molecule has 0 saturated heterocycles. The van der Waals surface area contributed by atoms with Crippen LogP contribution in [0, 0.1) is 0 Å². The molecule has 0 fully saturated rings. The zero-order valence-electron chi connectivity index (χ0n) is 6.73. The van der Waals surface area contributed by atoms with E-state index in [9.17, 15) is 8.76 Å². The van der Waals surface area contributed by atoms with Gasteiger partial charge in [-0.15, -0.1) is 0 Å².